The number of halogens is 2. The molecule has 2 saturated carbocycles. The normalized spacial score (nSPS) is 29.5. The first-order chi connectivity index (χ1) is 12.3. The van der Waals surface area contributed by atoms with Gasteiger partial charge in [0, 0.05) is 12.0 Å². The molecule has 1 N–H and O–H groups in total. The maximum Gasteiger partial charge on any atom is 0.268 e. The average molecular weight is 366 g/mol. The van der Waals surface area contributed by atoms with Gasteiger partial charge in [0.25, 0.3) is 5.92 Å². The van der Waals surface area contributed by atoms with E-state index in [4.69, 9.17) is 6.42 Å². The van der Waals surface area contributed by atoms with Gasteiger partial charge in [-0.25, -0.2) is 8.78 Å². The third-order valence-corrected chi connectivity index (χ3v) is 7.26. The fourth-order valence-corrected chi connectivity index (χ4v) is 5.31. The molecule has 26 heavy (non-hydrogen) atoms. The highest BCUT2D eigenvalue weighted by Crippen LogP contribution is 2.50. The summed E-state index contributed by atoms with van der Waals surface area (Å²) >= 11 is 0. The van der Waals surface area contributed by atoms with E-state index in [1.165, 1.54) is 49.8 Å². The van der Waals surface area contributed by atoms with E-state index in [-0.39, 0.29) is 18.0 Å². The van der Waals surface area contributed by atoms with E-state index in [1.807, 2.05) is 0 Å². The summed E-state index contributed by atoms with van der Waals surface area (Å²) in [5.41, 5.74) is 0.487. The molecule has 0 aromatic rings. The maximum atomic E-state index is 13.6. The van der Waals surface area contributed by atoms with E-state index in [0.29, 0.717) is 5.41 Å². The summed E-state index contributed by atoms with van der Waals surface area (Å²) in [6, 6.07) is -0.784. The van der Waals surface area contributed by atoms with Crippen molar-refractivity contribution in [3.05, 3.63) is 0 Å². The van der Waals surface area contributed by atoms with E-state index >= 15 is 0 Å². The fraction of sp³-hybridized carbons (Fsp3) is 0.857. The number of hydrogen-bond acceptors (Lipinski definition) is 2. The Bertz CT molecular complexity index is 553. The van der Waals surface area contributed by atoms with Gasteiger partial charge in [-0.3, -0.25) is 4.79 Å². The quantitative estimate of drug-likeness (QED) is 0.759. The summed E-state index contributed by atoms with van der Waals surface area (Å²) in [6.45, 7) is 1.71. The van der Waals surface area contributed by atoms with Gasteiger partial charge in [-0.2, -0.15) is 0 Å². The molecular formula is C21H32F2N2O. The molecule has 1 unspecified atom stereocenters. The van der Waals surface area contributed by atoms with Gasteiger partial charge in [-0.1, -0.05) is 32.1 Å². The van der Waals surface area contributed by atoms with Crippen molar-refractivity contribution < 1.29 is 13.6 Å². The van der Waals surface area contributed by atoms with Crippen molar-refractivity contribution in [2.45, 2.75) is 95.1 Å². The molecule has 1 aliphatic heterocycles. The number of nitrogens with one attached hydrogen (secondary N) is 1. The van der Waals surface area contributed by atoms with Crippen molar-refractivity contribution in [1.29, 1.82) is 0 Å². The number of hydrogen-bond donors (Lipinski definition) is 1. The average Bonchev–Trinajstić information content (AvgIpc) is 2.97. The van der Waals surface area contributed by atoms with Crippen molar-refractivity contribution in [2.75, 3.05) is 13.1 Å². The molecule has 0 aromatic carbocycles. The molecule has 3 nitrogen and oxygen atoms in total. The van der Waals surface area contributed by atoms with Crippen molar-refractivity contribution in [2.24, 2.45) is 5.41 Å². The molecule has 1 amide bonds. The van der Waals surface area contributed by atoms with E-state index in [1.54, 1.807) is 0 Å². The number of terminal acetylenes is 1. The van der Waals surface area contributed by atoms with Crippen LogP contribution in [0.3, 0.4) is 0 Å². The van der Waals surface area contributed by atoms with Crippen LogP contribution >= 0.6 is 0 Å². The zero-order valence-electron chi connectivity index (χ0n) is 16.0. The van der Waals surface area contributed by atoms with Crippen LogP contribution < -0.4 is 5.32 Å². The Kier molecular flexibility index (Phi) is 5.63. The lowest BCUT2D eigenvalue weighted by molar-refractivity contribution is -0.132. The third kappa shape index (κ3) is 4.06. The summed E-state index contributed by atoms with van der Waals surface area (Å²) < 4.78 is 27.2. The third-order valence-electron chi connectivity index (χ3n) is 7.26. The second-order valence-electron chi connectivity index (χ2n) is 8.81. The van der Waals surface area contributed by atoms with Crippen molar-refractivity contribution in [3.8, 4) is 12.3 Å². The summed E-state index contributed by atoms with van der Waals surface area (Å²) in [6.07, 6.45) is 17.2. The number of nitrogens with zero attached hydrogens (tertiary/aromatic N) is 1. The summed E-state index contributed by atoms with van der Waals surface area (Å²) in [5, 5.41) is 3.45. The minimum atomic E-state index is -2.87. The summed E-state index contributed by atoms with van der Waals surface area (Å²) in [7, 11) is 0. The standard InChI is InChI=1S/C21H32F2N2O/c1-3-17-14-21(22,23)16-25(17)18(26)15-24-20(4-2)12-10-19(11-13-20)8-6-5-7-9-19/h1,17,24H,4-16H2,2H3. The van der Waals surface area contributed by atoms with Crippen LogP contribution in [-0.4, -0.2) is 41.4 Å². The fourth-order valence-electron chi connectivity index (χ4n) is 5.31. The Hall–Kier alpha value is -1.15. The van der Waals surface area contributed by atoms with Gasteiger partial charge < -0.3 is 10.2 Å². The van der Waals surface area contributed by atoms with Crippen LogP contribution in [0.25, 0.3) is 0 Å². The molecule has 0 radical (unpaired) electrons. The van der Waals surface area contributed by atoms with Gasteiger partial charge in [-0.15, -0.1) is 6.42 Å². The Morgan fingerprint density at radius 2 is 1.81 bits per heavy atom. The van der Waals surface area contributed by atoms with Gasteiger partial charge in [0.2, 0.25) is 5.91 Å². The predicted octanol–water partition coefficient (Wildman–Crippen LogP) is 4.12. The lowest BCUT2D eigenvalue weighted by atomic mass is 9.61. The minimum Gasteiger partial charge on any atom is -0.321 e. The van der Waals surface area contributed by atoms with Gasteiger partial charge in [0.1, 0.15) is 0 Å². The molecule has 3 rings (SSSR count). The molecule has 1 saturated heterocycles. The topological polar surface area (TPSA) is 32.3 Å². The molecule has 0 bridgehead atoms. The monoisotopic (exact) mass is 366 g/mol. The Labute approximate surface area is 156 Å². The van der Waals surface area contributed by atoms with Crippen LogP contribution in [0.4, 0.5) is 8.78 Å². The van der Waals surface area contributed by atoms with Crippen molar-refractivity contribution in [3.63, 3.8) is 0 Å². The summed E-state index contributed by atoms with van der Waals surface area (Å²) in [5.74, 6) is -0.815. The number of amides is 1. The Balaban J connectivity index is 1.56. The maximum absolute atomic E-state index is 13.6. The van der Waals surface area contributed by atoms with E-state index in [0.717, 1.165) is 19.3 Å². The molecule has 3 aliphatic rings. The van der Waals surface area contributed by atoms with E-state index in [9.17, 15) is 13.6 Å². The number of rotatable bonds is 4. The van der Waals surface area contributed by atoms with Crippen LogP contribution in [0, 0.1) is 17.8 Å². The Morgan fingerprint density at radius 3 is 2.38 bits per heavy atom. The van der Waals surface area contributed by atoms with Gasteiger partial charge >= 0.3 is 0 Å². The first-order valence-electron chi connectivity index (χ1n) is 10.2. The molecule has 1 heterocycles. The van der Waals surface area contributed by atoms with Crippen molar-refractivity contribution in [1.82, 2.24) is 10.2 Å². The highest BCUT2D eigenvalue weighted by Gasteiger charge is 2.47. The second kappa shape index (κ2) is 7.46. The molecule has 3 fully saturated rings. The van der Waals surface area contributed by atoms with Crippen LogP contribution in [0.1, 0.15) is 77.6 Å². The summed E-state index contributed by atoms with van der Waals surface area (Å²) in [4.78, 5) is 13.7. The van der Waals surface area contributed by atoms with Crippen LogP contribution in [-0.2, 0) is 4.79 Å². The van der Waals surface area contributed by atoms with Crippen molar-refractivity contribution >= 4 is 5.91 Å². The number of carbonyl (C=O) groups is 1. The number of carbonyl (C=O) groups excluding carboxylic acids is 1. The number of likely N-dealkylation sites (tertiary alicyclic amines) is 1. The zero-order valence-corrected chi connectivity index (χ0v) is 16.0. The lowest BCUT2D eigenvalue weighted by Crippen LogP contribution is -2.53. The van der Waals surface area contributed by atoms with Gasteiger partial charge in [0.05, 0.1) is 19.1 Å². The molecule has 5 heteroatoms. The second-order valence-corrected chi connectivity index (χ2v) is 8.81. The van der Waals surface area contributed by atoms with E-state index in [2.05, 4.69) is 18.2 Å². The molecule has 146 valence electrons. The number of alkyl halides is 2. The minimum absolute atomic E-state index is 0.0355. The first kappa shape index (κ1) is 19.6. The largest absolute Gasteiger partial charge is 0.321 e. The lowest BCUT2D eigenvalue weighted by Gasteiger charge is -2.48. The predicted molar refractivity (Wildman–Crippen MR) is 98.9 cm³/mol. The van der Waals surface area contributed by atoms with Crippen LogP contribution in [0.15, 0.2) is 0 Å². The smallest absolute Gasteiger partial charge is 0.268 e. The molecule has 1 atom stereocenters. The van der Waals surface area contributed by atoms with Gasteiger partial charge in [-0.05, 0) is 50.4 Å². The molecule has 2 aliphatic carbocycles. The van der Waals surface area contributed by atoms with E-state index < -0.39 is 24.9 Å². The Morgan fingerprint density at radius 1 is 1.15 bits per heavy atom. The van der Waals surface area contributed by atoms with Crippen LogP contribution in [0.2, 0.25) is 0 Å². The highest BCUT2D eigenvalue weighted by molar-refractivity contribution is 5.79. The van der Waals surface area contributed by atoms with Gasteiger partial charge in [0.15, 0.2) is 0 Å². The first-order valence-corrected chi connectivity index (χ1v) is 10.2. The molecule has 1 spiro atoms. The highest BCUT2D eigenvalue weighted by atomic mass is 19.3. The SMILES string of the molecule is C#CC1CC(F)(F)CN1C(=O)CNC1(CC)CCC2(CCCCC2)CC1. The molecular weight excluding hydrogens is 334 g/mol. The van der Waals surface area contributed by atoms with Crippen LogP contribution in [0.5, 0.6) is 0 Å². The molecule has 0 aromatic heterocycles. The zero-order chi connectivity index (χ0) is 18.8.